The fraction of sp³-hybridized carbons (Fsp3) is 0.100. The summed E-state index contributed by atoms with van der Waals surface area (Å²) in [5.41, 5.74) is 2.56. The molecule has 0 unspecified atom stereocenters. The fourth-order valence-electron chi connectivity index (χ4n) is 2.33. The topological polar surface area (TPSA) is 51.2 Å². The quantitative estimate of drug-likeness (QED) is 0.438. The summed E-state index contributed by atoms with van der Waals surface area (Å²) in [6.07, 6.45) is 3.19. The Kier molecular flexibility index (Phi) is 6.66. The number of hydrogen-bond donors (Lipinski definition) is 1. The number of carbonyl (C=O) groups excluding carboxylic acids is 1. The molecule has 3 rings (SSSR count). The van der Waals surface area contributed by atoms with Gasteiger partial charge in [-0.1, -0.05) is 39.7 Å². The number of anilines is 1. The van der Waals surface area contributed by atoms with Gasteiger partial charge in [0.05, 0.1) is 12.3 Å². The second-order valence-electron chi connectivity index (χ2n) is 5.48. The second kappa shape index (κ2) is 9.17. The van der Waals surface area contributed by atoms with Crippen LogP contribution in [0.15, 0.2) is 58.4 Å². The minimum atomic E-state index is -0.255. The zero-order chi connectivity index (χ0) is 19.2. The number of rotatable bonds is 6. The SMILES string of the molecule is CCOc1ccc(Br)cc1/C=C/C(=O)Nc1nc(-c2ccc(Cl)cc2)cs1. The van der Waals surface area contributed by atoms with Crippen LogP contribution in [0.5, 0.6) is 5.75 Å². The van der Waals surface area contributed by atoms with E-state index < -0.39 is 0 Å². The number of hydrogen-bond acceptors (Lipinski definition) is 4. The molecular weight excluding hydrogens is 448 g/mol. The summed E-state index contributed by atoms with van der Waals surface area (Å²) in [7, 11) is 0. The van der Waals surface area contributed by atoms with Gasteiger partial charge >= 0.3 is 0 Å². The monoisotopic (exact) mass is 462 g/mol. The van der Waals surface area contributed by atoms with Crippen LogP contribution in [0.4, 0.5) is 5.13 Å². The number of halogens is 2. The molecule has 0 fully saturated rings. The Bertz CT molecular complexity index is 970. The maximum atomic E-state index is 12.2. The predicted molar refractivity (Wildman–Crippen MR) is 116 cm³/mol. The first-order valence-electron chi connectivity index (χ1n) is 8.18. The predicted octanol–water partition coefficient (Wildman–Crippen LogP) is 6.28. The molecule has 138 valence electrons. The molecule has 0 saturated carbocycles. The number of aromatic nitrogens is 1. The van der Waals surface area contributed by atoms with E-state index in [0.29, 0.717) is 16.8 Å². The van der Waals surface area contributed by atoms with E-state index in [-0.39, 0.29) is 5.91 Å². The molecule has 0 aliphatic carbocycles. The first-order valence-corrected chi connectivity index (χ1v) is 10.2. The second-order valence-corrected chi connectivity index (χ2v) is 7.69. The molecule has 0 radical (unpaired) electrons. The number of ether oxygens (including phenoxy) is 1. The third kappa shape index (κ3) is 5.42. The highest BCUT2D eigenvalue weighted by Gasteiger charge is 2.07. The van der Waals surface area contributed by atoms with E-state index in [1.165, 1.54) is 17.4 Å². The zero-order valence-electron chi connectivity index (χ0n) is 14.4. The maximum absolute atomic E-state index is 12.2. The lowest BCUT2D eigenvalue weighted by atomic mass is 10.2. The van der Waals surface area contributed by atoms with Crippen molar-refractivity contribution in [3.63, 3.8) is 0 Å². The van der Waals surface area contributed by atoms with E-state index in [2.05, 4.69) is 26.2 Å². The molecule has 1 aromatic heterocycles. The lowest BCUT2D eigenvalue weighted by molar-refractivity contribution is -0.111. The van der Waals surface area contributed by atoms with Crippen molar-refractivity contribution in [2.24, 2.45) is 0 Å². The van der Waals surface area contributed by atoms with Crippen LogP contribution in [0, 0.1) is 0 Å². The van der Waals surface area contributed by atoms with Crippen molar-refractivity contribution in [1.29, 1.82) is 0 Å². The van der Waals surface area contributed by atoms with Crippen LogP contribution in [0.25, 0.3) is 17.3 Å². The average Bonchev–Trinajstić information content (AvgIpc) is 3.11. The third-order valence-corrected chi connectivity index (χ3v) is 5.06. The Hall–Kier alpha value is -2.15. The number of carbonyl (C=O) groups is 1. The smallest absolute Gasteiger partial charge is 0.250 e. The molecule has 1 N–H and O–H groups in total. The van der Waals surface area contributed by atoms with E-state index in [1.807, 2.05) is 54.8 Å². The Morgan fingerprint density at radius 3 is 2.81 bits per heavy atom. The molecule has 1 heterocycles. The minimum Gasteiger partial charge on any atom is -0.493 e. The standard InChI is InChI=1S/C20H16BrClN2O2S/c1-2-26-18-9-6-15(21)11-14(18)5-10-19(25)24-20-23-17(12-27-20)13-3-7-16(22)8-4-13/h3-12H,2H2,1H3,(H,23,24,25)/b10-5+. The summed E-state index contributed by atoms with van der Waals surface area (Å²) in [6, 6.07) is 13.1. The molecule has 4 nitrogen and oxygen atoms in total. The summed E-state index contributed by atoms with van der Waals surface area (Å²) in [4.78, 5) is 16.7. The Morgan fingerprint density at radius 1 is 1.30 bits per heavy atom. The van der Waals surface area contributed by atoms with Gasteiger partial charge in [-0.3, -0.25) is 10.1 Å². The van der Waals surface area contributed by atoms with Gasteiger partial charge in [-0.15, -0.1) is 11.3 Å². The van der Waals surface area contributed by atoms with Gasteiger partial charge in [-0.25, -0.2) is 4.98 Å². The highest BCUT2D eigenvalue weighted by molar-refractivity contribution is 9.10. The van der Waals surface area contributed by atoms with Gasteiger partial charge in [0.1, 0.15) is 5.75 Å². The molecule has 7 heteroatoms. The van der Waals surface area contributed by atoms with Gasteiger partial charge in [-0.2, -0.15) is 0 Å². The van der Waals surface area contributed by atoms with Crippen LogP contribution in [0.3, 0.4) is 0 Å². The van der Waals surface area contributed by atoms with Crippen molar-refractivity contribution >= 4 is 56.0 Å². The molecule has 0 bridgehead atoms. The molecule has 0 aliphatic heterocycles. The van der Waals surface area contributed by atoms with Crippen molar-refractivity contribution in [2.75, 3.05) is 11.9 Å². The van der Waals surface area contributed by atoms with Crippen LogP contribution < -0.4 is 10.1 Å². The largest absolute Gasteiger partial charge is 0.493 e. The van der Waals surface area contributed by atoms with Crippen LogP contribution >= 0.6 is 38.9 Å². The first-order chi connectivity index (χ1) is 13.0. The number of nitrogens with zero attached hydrogens (tertiary/aromatic N) is 1. The van der Waals surface area contributed by atoms with E-state index >= 15 is 0 Å². The zero-order valence-corrected chi connectivity index (χ0v) is 17.6. The number of amides is 1. The van der Waals surface area contributed by atoms with Crippen LogP contribution in [0.2, 0.25) is 5.02 Å². The summed E-state index contributed by atoms with van der Waals surface area (Å²) in [5, 5.41) is 5.88. The fourth-order valence-corrected chi connectivity index (χ4v) is 3.56. The Labute approximate surface area is 175 Å². The van der Waals surface area contributed by atoms with Crippen molar-refractivity contribution in [3.05, 3.63) is 69.0 Å². The van der Waals surface area contributed by atoms with E-state index in [9.17, 15) is 4.79 Å². The summed E-state index contributed by atoms with van der Waals surface area (Å²) in [5.74, 6) is 0.471. The first kappa shape index (κ1) is 19.6. The molecular formula is C20H16BrClN2O2S. The third-order valence-electron chi connectivity index (χ3n) is 3.56. The molecule has 0 atom stereocenters. The van der Waals surface area contributed by atoms with Gasteiger partial charge in [-0.05, 0) is 43.3 Å². The molecule has 2 aromatic carbocycles. The molecule has 0 saturated heterocycles. The Balaban J connectivity index is 1.69. The summed E-state index contributed by atoms with van der Waals surface area (Å²) >= 11 is 10.7. The maximum Gasteiger partial charge on any atom is 0.250 e. The molecule has 1 amide bonds. The van der Waals surface area contributed by atoms with E-state index in [1.54, 1.807) is 6.08 Å². The van der Waals surface area contributed by atoms with Crippen LogP contribution in [0.1, 0.15) is 12.5 Å². The minimum absolute atomic E-state index is 0.255. The molecule has 27 heavy (non-hydrogen) atoms. The highest BCUT2D eigenvalue weighted by Crippen LogP contribution is 2.27. The van der Waals surface area contributed by atoms with E-state index in [0.717, 1.165) is 27.0 Å². The van der Waals surface area contributed by atoms with Gasteiger partial charge in [0.15, 0.2) is 5.13 Å². The molecule has 3 aromatic rings. The van der Waals surface area contributed by atoms with Crippen molar-refractivity contribution in [1.82, 2.24) is 4.98 Å². The summed E-state index contributed by atoms with van der Waals surface area (Å²) in [6.45, 7) is 2.48. The number of thiazole rings is 1. The summed E-state index contributed by atoms with van der Waals surface area (Å²) < 4.78 is 6.50. The van der Waals surface area contributed by atoms with Gasteiger partial charge in [0.2, 0.25) is 5.91 Å². The van der Waals surface area contributed by atoms with Crippen LogP contribution in [-0.2, 0) is 4.79 Å². The van der Waals surface area contributed by atoms with Gasteiger partial charge < -0.3 is 4.74 Å². The van der Waals surface area contributed by atoms with Crippen molar-refractivity contribution < 1.29 is 9.53 Å². The van der Waals surface area contributed by atoms with E-state index in [4.69, 9.17) is 16.3 Å². The lowest BCUT2D eigenvalue weighted by Gasteiger charge is -2.07. The lowest BCUT2D eigenvalue weighted by Crippen LogP contribution is -2.07. The van der Waals surface area contributed by atoms with Gasteiger partial charge in [0.25, 0.3) is 0 Å². The average molecular weight is 464 g/mol. The molecule has 0 aliphatic rings. The number of benzene rings is 2. The molecule has 0 spiro atoms. The van der Waals surface area contributed by atoms with Crippen LogP contribution in [-0.4, -0.2) is 17.5 Å². The Morgan fingerprint density at radius 2 is 2.07 bits per heavy atom. The van der Waals surface area contributed by atoms with Crippen molar-refractivity contribution in [2.45, 2.75) is 6.92 Å². The van der Waals surface area contributed by atoms with Gasteiger partial charge in [0, 0.05) is 32.1 Å². The van der Waals surface area contributed by atoms with Crippen molar-refractivity contribution in [3.8, 4) is 17.0 Å². The number of nitrogens with one attached hydrogen (secondary N) is 1. The highest BCUT2D eigenvalue weighted by atomic mass is 79.9. The normalized spacial score (nSPS) is 10.9.